The fourth-order valence-corrected chi connectivity index (χ4v) is 2.98. The van der Waals surface area contributed by atoms with E-state index in [1.54, 1.807) is 18.2 Å². The maximum Gasteiger partial charge on any atom is 0.303 e. The fourth-order valence-electron chi connectivity index (χ4n) is 2.98. The summed E-state index contributed by atoms with van der Waals surface area (Å²) in [5.41, 5.74) is 3.03. The second-order valence-electron chi connectivity index (χ2n) is 6.29. The number of benzene rings is 2. The third-order valence-electron chi connectivity index (χ3n) is 4.37. The summed E-state index contributed by atoms with van der Waals surface area (Å²) in [5, 5.41) is 14.5. The Bertz CT molecular complexity index is 862. The molecule has 1 amide bonds. The number of aliphatic carboxylic acids is 1. The molecule has 1 atom stereocenters. The van der Waals surface area contributed by atoms with Crippen LogP contribution in [0.3, 0.4) is 0 Å². The molecule has 0 fully saturated rings. The number of rotatable bonds is 5. The zero-order chi connectivity index (χ0) is 18.7. The lowest BCUT2D eigenvalue weighted by Crippen LogP contribution is -2.28. The average molecular weight is 354 g/mol. The smallest absolute Gasteiger partial charge is 0.303 e. The molecule has 1 N–H and O–H groups in total. The summed E-state index contributed by atoms with van der Waals surface area (Å²) >= 11 is 0. The molecule has 2 aromatic rings. The number of halogens is 1. The van der Waals surface area contributed by atoms with Crippen LogP contribution in [0.15, 0.2) is 53.6 Å². The van der Waals surface area contributed by atoms with Crippen LogP contribution in [0.25, 0.3) is 0 Å². The summed E-state index contributed by atoms with van der Waals surface area (Å²) < 4.78 is 14.3. The standard InChI is InChI=1S/C20H19FN2O3/c1-13-6-8-14(9-7-13)17-12-18(15-4-2-3-5-16(15)21)23(22-17)19(24)10-11-20(25)26/h2-9,18H,10-12H2,1H3,(H,25,26)/t18-/m0/s1. The molecule has 2 aromatic carbocycles. The molecule has 0 saturated carbocycles. The van der Waals surface area contributed by atoms with Crippen molar-refractivity contribution in [3.63, 3.8) is 0 Å². The first-order chi connectivity index (χ1) is 12.5. The van der Waals surface area contributed by atoms with E-state index in [1.165, 1.54) is 11.1 Å². The Morgan fingerprint density at radius 3 is 2.50 bits per heavy atom. The van der Waals surface area contributed by atoms with Gasteiger partial charge in [0.15, 0.2) is 0 Å². The summed E-state index contributed by atoms with van der Waals surface area (Å²) in [6.07, 6.45) is -0.0809. The van der Waals surface area contributed by atoms with Crippen molar-refractivity contribution in [3.05, 3.63) is 71.0 Å². The number of hydrazone groups is 1. The van der Waals surface area contributed by atoms with Gasteiger partial charge in [0, 0.05) is 18.4 Å². The van der Waals surface area contributed by atoms with Crippen molar-refractivity contribution < 1.29 is 19.1 Å². The monoisotopic (exact) mass is 354 g/mol. The van der Waals surface area contributed by atoms with E-state index in [9.17, 15) is 14.0 Å². The molecule has 26 heavy (non-hydrogen) atoms. The first kappa shape index (κ1) is 17.8. The second-order valence-corrected chi connectivity index (χ2v) is 6.29. The molecule has 3 rings (SSSR count). The van der Waals surface area contributed by atoms with E-state index >= 15 is 0 Å². The predicted octanol–water partition coefficient (Wildman–Crippen LogP) is 3.68. The molecule has 0 unspecified atom stereocenters. The molecular weight excluding hydrogens is 335 g/mol. The number of nitrogens with zero attached hydrogens (tertiary/aromatic N) is 2. The van der Waals surface area contributed by atoms with Crippen LogP contribution >= 0.6 is 0 Å². The maximum absolute atomic E-state index is 14.3. The summed E-state index contributed by atoms with van der Waals surface area (Å²) in [6.45, 7) is 1.98. The van der Waals surface area contributed by atoms with Crippen LogP contribution in [0.2, 0.25) is 0 Å². The quantitative estimate of drug-likeness (QED) is 0.890. The van der Waals surface area contributed by atoms with Crippen LogP contribution in [0, 0.1) is 12.7 Å². The van der Waals surface area contributed by atoms with Crippen LogP contribution in [-0.4, -0.2) is 27.7 Å². The van der Waals surface area contributed by atoms with Crippen LogP contribution in [0.4, 0.5) is 4.39 Å². The SMILES string of the molecule is Cc1ccc(C2=NN(C(=O)CCC(=O)O)[C@H](c3ccccc3F)C2)cc1. The number of carboxylic acid groups (broad SMARTS) is 1. The summed E-state index contributed by atoms with van der Waals surface area (Å²) in [4.78, 5) is 23.3. The molecule has 0 aliphatic carbocycles. The zero-order valence-corrected chi connectivity index (χ0v) is 14.4. The van der Waals surface area contributed by atoms with Gasteiger partial charge in [-0.15, -0.1) is 0 Å². The van der Waals surface area contributed by atoms with Crippen molar-refractivity contribution in [2.45, 2.75) is 32.2 Å². The van der Waals surface area contributed by atoms with Gasteiger partial charge in [-0.3, -0.25) is 9.59 Å². The highest BCUT2D eigenvalue weighted by atomic mass is 19.1. The largest absolute Gasteiger partial charge is 0.481 e. The van der Waals surface area contributed by atoms with Gasteiger partial charge in [-0.25, -0.2) is 9.40 Å². The van der Waals surface area contributed by atoms with Gasteiger partial charge in [-0.05, 0) is 18.6 Å². The number of amides is 1. The van der Waals surface area contributed by atoms with Gasteiger partial charge in [-0.2, -0.15) is 5.10 Å². The number of hydrogen-bond acceptors (Lipinski definition) is 3. The van der Waals surface area contributed by atoms with Crippen molar-refractivity contribution in [1.82, 2.24) is 5.01 Å². The third-order valence-corrected chi connectivity index (χ3v) is 4.37. The van der Waals surface area contributed by atoms with Crippen LogP contribution in [0.1, 0.15) is 42.0 Å². The van der Waals surface area contributed by atoms with E-state index in [1.807, 2.05) is 31.2 Å². The van der Waals surface area contributed by atoms with Crippen molar-refractivity contribution in [2.75, 3.05) is 0 Å². The highest BCUT2D eigenvalue weighted by Crippen LogP contribution is 2.34. The lowest BCUT2D eigenvalue weighted by Gasteiger charge is -2.22. The molecule has 0 saturated heterocycles. The van der Waals surface area contributed by atoms with Crippen molar-refractivity contribution in [3.8, 4) is 0 Å². The topological polar surface area (TPSA) is 70.0 Å². The molecule has 0 radical (unpaired) electrons. The normalized spacial score (nSPS) is 16.5. The Balaban J connectivity index is 1.93. The first-order valence-electron chi connectivity index (χ1n) is 8.38. The Morgan fingerprint density at radius 1 is 1.15 bits per heavy atom. The van der Waals surface area contributed by atoms with Crippen molar-refractivity contribution in [2.24, 2.45) is 5.10 Å². The van der Waals surface area contributed by atoms with E-state index in [0.717, 1.165) is 11.1 Å². The first-order valence-corrected chi connectivity index (χ1v) is 8.38. The minimum Gasteiger partial charge on any atom is -0.481 e. The van der Waals surface area contributed by atoms with E-state index in [0.29, 0.717) is 17.7 Å². The van der Waals surface area contributed by atoms with Gasteiger partial charge in [0.2, 0.25) is 5.91 Å². The summed E-state index contributed by atoms with van der Waals surface area (Å²) in [6, 6.07) is 13.4. The fraction of sp³-hybridized carbons (Fsp3) is 0.250. The predicted molar refractivity (Wildman–Crippen MR) is 95.2 cm³/mol. The highest BCUT2D eigenvalue weighted by Gasteiger charge is 2.34. The van der Waals surface area contributed by atoms with Gasteiger partial charge in [0.25, 0.3) is 0 Å². The van der Waals surface area contributed by atoms with Crippen molar-refractivity contribution in [1.29, 1.82) is 0 Å². The van der Waals surface area contributed by atoms with Gasteiger partial charge >= 0.3 is 5.97 Å². The van der Waals surface area contributed by atoms with Gasteiger partial charge in [0.05, 0.1) is 18.2 Å². The van der Waals surface area contributed by atoms with Gasteiger partial charge in [-0.1, -0.05) is 48.0 Å². The minimum atomic E-state index is -1.05. The molecule has 1 aliphatic heterocycles. The van der Waals surface area contributed by atoms with Gasteiger partial charge < -0.3 is 5.11 Å². The van der Waals surface area contributed by atoms with E-state index < -0.39 is 23.7 Å². The summed E-state index contributed by atoms with van der Waals surface area (Å²) in [7, 11) is 0. The number of hydrogen-bond donors (Lipinski definition) is 1. The highest BCUT2D eigenvalue weighted by molar-refractivity contribution is 6.03. The number of carbonyl (C=O) groups excluding carboxylic acids is 1. The van der Waals surface area contributed by atoms with E-state index in [4.69, 9.17) is 5.11 Å². The van der Waals surface area contributed by atoms with E-state index in [-0.39, 0.29) is 12.8 Å². The number of aryl methyl sites for hydroxylation is 1. The molecule has 6 heteroatoms. The lowest BCUT2D eigenvalue weighted by molar-refractivity contribution is -0.141. The Kier molecular flexibility index (Phi) is 5.11. The van der Waals surface area contributed by atoms with Gasteiger partial charge in [0.1, 0.15) is 5.82 Å². The molecule has 134 valence electrons. The Hall–Kier alpha value is -3.02. The van der Waals surface area contributed by atoms with Crippen LogP contribution < -0.4 is 0 Å². The Labute approximate surface area is 150 Å². The van der Waals surface area contributed by atoms with Crippen LogP contribution in [-0.2, 0) is 9.59 Å². The molecule has 1 heterocycles. The lowest BCUT2D eigenvalue weighted by atomic mass is 9.97. The van der Waals surface area contributed by atoms with Crippen molar-refractivity contribution >= 4 is 17.6 Å². The molecule has 1 aliphatic rings. The number of carboxylic acids is 1. The molecule has 5 nitrogen and oxygen atoms in total. The maximum atomic E-state index is 14.3. The molecule has 0 spiro atoms. The Morgan fingerprint density at radius 2 is 1.85 bits per heavy atom. The third kappa shape index (κ3) is 3.79. The molecule has 0 aromatic heterocycles. The summed E-state index contributed by atoms with van der Waals surface area (Å²) in [5.74, 6) is -1.89. The zero-order valence-electron chi connectivity index (χ0n) is 14.4. The molecular formula is C20H19FN2O3. The number of carbonyl (C=O) groups is 2. The van der Waals surface area contributed by atoms with Crippen LogP contribution in [0.5, 0.6) is 0 Å². The second kappa shape index (κ2) is 7.47. The minimum absolute atomic E-state index is 0.176. The molecule has 0 bridgehead atoms. The van der Waals surface area contributed by atoms with E-state index in [2.05, 4.69) is 5.10 Å². The average Bonchev–Trinajstić information content (AvgIpc) is 3.06.